The number of nitrogens with zero attached hydrogens (tertiary/aromatic N) is 8. The van der Waals surface area contributed by atoms with Gasteiger partial charge in [-0.25, -0.2) is 38.6 Å². The normalized spacial score (nSPS) is 23.9. The van der Waals surface area contributed by atoms with Gasteiger partial charge >= 0.3 is 0 Å². The predicted octanol–water partition coefficient (Wildman–Crippen LogP) is 2.06. The number of imidazole rings is 4. The van der Waals surface area contributed by atoms with Gasteiger partial charge in [0.2, 0.25) is 11.6 Å². The average molecular weight is 711 g/mol. The average Bonchev–Trinajstić information content (AvgIpc) is 3.92. The molecule has 0 fully saturated rings. The van der Waals surface area contributed by atoms with Gasteiger partial charge in [-0.3, -0.25) is 37.7 Å². The lowest BCUT2D eigenvalue weighted by Gasteiger charge is -2.59. The van der Waals surface area contributed by atoms with Crippen molar-refractivity contribution in [1.82, 2.24) is 54.6 Å². The number of para-hydroxylation sites is 8. The standard InChI is InChI=1S/C35H34N16S/c36-17-29-40-21-9-1-5-13-25(21)48(29)44-34(38-19-31-42-23-11-3-7-15-27(23)50(31)45-34)33(52)35(39-20-32-43-24-12-4-8-16-28(24)51(32)47-35)46-49-26-14-6-2-10-22(26)41-30(49)18-37-33/h1-16,37-39,44-47,52H,17-20,36H2. The SMILES string of the molecule is NCc1nc2ccccc2n1NC1(C2(S)NCc3nc4ccccc4n3NC23NCc2nc4ccccc4n2N3)NCc2nc3ccccc3n2N1. The molecule has 0 bridgehead atoms. The molecule has 11 rings (SSSR count). The Hall–Kier alpha value is -5.85. The summed E-state index contributed by atoms with van der Waals surface area (Å²) in [5.74, 6) is 0.417. The van der Waals surface area contributed by atoms with E-state index in [0.717, 1.165) is 61.6 Å². The first-order valence-corrected chi connectivity index (χ1v) is 17.6. The molecule has 4 aromatic carbocycles. The zero-order chi connectivity index (χ0) is 34.7. The fraction of sp³-hybridized carbons (Fsp3) is 0.200. The van der Waals surface area contributed by atoms with Crippen LogP contribution in [0.5, 0.6) is 0 Å². The topological polar surface area (TPSA) is 182 Å². The number of benzene rings is 4. The lowest BCUT2D eigenvalue weighted by Crippen LogP contribution is -2.90. The highest BCUT2D eigenvalue weighted by molar-refractivity contribution is 7.82. The second-order valence-electron chi connectivity index (χ2n) is 13.3. The van der Waals surface area contributed by atoms with E-state index in [2.05, 4.69) is 55.9 Å². The monoisotopic (exact) mass is 710 g/mol. The number of hydrogen-bond donors (Lipinski definition) is 9. The molecule has 260 valence electrons. The minimum Gasteiger partial charge on any atom is -0.324 e. The van der Waals surface area contributed by atoms with E-state index in [1.54, 1.807) is 0 Å². The summed E-state index contributed by atoms with van der Waals surface area (Å²) in [6, 6.07) is 32.2. The van der Waals surface area contributed by atoms with Crippen LogP contribution in [0.3, 0.4) is 0 Å². The third kappa shape index (κ3) is 3.96. The summed E-state index contributed by atoms with van der Waals surface area (Å²) in [5.41, 5.74) is 28.8. The predicted molar refractivity (Wildman–Crippen MR) is 202 cm³/mol. The van der Waals surface area contributed by atoms with Crippen molar-refractivity contribution in [2.75, 3.05) is 21.7 Å². The summed E-state index contributed by atoms with van der Waals surface area (Å²) in [5, 5.41) is 11.5. The highest BCUT2D eigenvalue weighted by Crippen LogP contribution is 2.41. The van der Waals surface area contributed by atoms with Gasteiger partial charge in [-0.2, -0.15) is 0 Å². The third-order valence-electron chi connectivity index (χ3n) is 10.4. The van der Waals surface area contributed by atoms with Crippen LogP contribution in [0.1, 0.15) is 23.3 Å². The molecule has 0 radical (unpaired) electrons. The number of thiol groups is 1. The summed E-state index contributed by atoms with van der Waals surface area (Å²) in [4.78, 5) is 18.5. The van der Waals surface area contributed by atoms with Crippen LogP contribution in [-0.2, 0) is 26.2 Å². The molecule has 0 amide bonds. The Morgan fingerprint density at radius 3 is 1.56 bits per heavy atom. The van der Waals surface area contributed by atoms with Gasteiger partial charge in [0.1, 0.15) is 23.3 Å². The number of rotatable bonds is 4. The Morgan fingerprint density at radius 1 is 0.577 bits per heavy atom. The molecule has 0 saturated carbocycles. The zero-order valence-corrected chi connectivity index (χ0v) is 28.6. The van der Waals surface area contributed by atoms with Gasteiger partial charge in [0, 0.05) is 0 Å². The molecule has 4 aromatic heterocycles. The Balaban J connectivity index is 1.17. The molecule has 9 N–H and O–H groups in total. The Morgan fingerprint density at radius 2 is 1.02 bits per heavy atom. The van der Waals surface area contributed by atoms with E-state index in [4.69, 9.17) is 38.3 Å². The summed E-state index contributed by atoms with van der Waals surface area (Å²) >= 11 is 5.79. The molecule has 7 heterocycles. The zero-order valence-electron chi connectivity index (χ0n) is 27.7. The molecule has 0 aliphatic carbocycles. The number of aromatic nitrogens is 8. The van der Waals surface area contributed by atoms with Crippen molar-refractivity contribution in [2.24, 2.45) is 5.73 Å². The van der Waals surface area contributed by atoms with Crippen molar-refractivity contribution in [2.45, 2.75) is 42.6 Å². The third-order valence-corrected chi connectivity index (χ3v) is 11.3. The van der Waals surface area contributed by atoms with Gasteiger partial charge in [0.05, 0.1) is 70.3 Å². The van der Waals surface area contributed by atoms with E-state index in [1.165, 1.54) is 0 Å². The summed E-state index contributed by atoms with van der Waals surface area (Å²) < 4.78 is 8.01. The fourth-order valence-corrected chi connectivity index (χ4v) is 8.37. The highest BCUT2D eigenvalue weighted by atomic mass is 32.1. The summed E-state index contributed by atoms with van der Waals surface area (Å²) in [6.07, 6.45) is 0. The van der Waals surface area contributed by atoms with Gasteiger partial charge in [-0.05, 0) is 48.5 Å². The quantitative estimate of drug-likeness (QED) is 0.122. The maximum atomic E-state index is 6.39. The van der Waals surface area contributed by atoms with Crippen LogP contribution < -0.4 is 43.4 Å². The van der Waals surface area contributed by atoms with Crippen LogP contribution in [0.2, 0.25) is 0 Å². The van der Waals surface area contributed by atoms with Gasteiger partial charge in [-0.15, -0.1) is 12.6 Å². The molecular weight excluding hydrogens is 677 g/mol. The molecule has 17 heteroatoms. The van der Waals surface area contributed by atoms with Gasteiger partial charge in [0.15, 0.2) is 4.87 Å². The van der Waals surface area contributed by atoms with Crippen LogP contribution in [0, 0.1) is 0 Å². The first-order valence-electron chi connectivity index (χ1n) is 17.1. The molecule has 8 aromatic rings. The van der Waals surface area contributed by atoms with E-state index < -0.39 is 16.4 Å². The molecule has 3 aliphatic heterocycles. The minimum absolute atomic E-state index is 0.190. The molecule has 0 saturated heterocycles. The van der Waals surface area contributed by atoms with Crippen LogP contribution >= 0.6 is 12.6 Å². The van der Waals surface area contributed by atoms with Crippen molar-refractivity contribution >= 4 is 56.8 Å². The maximum Gasteiger partial charge on any atom is 0.226 e. The van der Waals surface area contributed by atoms with Crippen molar-refractivity contribution in [3.8, 4) is 0 Å². The Labute approximate surface area is 301 Å². The van der Waals surface area contributed by atoms with Crippen molar-refractivity contribution < 1.29 is 0 Å². The van der Waals surface area contributed by atoms with E-state index >= 15 is 0 Å². The van der Waals surface area contributed by atoms with Crippen LogP contribution in [0.25, 0.3) is 44.1 Å². The highest BCUT2D eigenvalue weighted by Gasteiger charge is 2.67. The van der Waals surface area contributed by atoms with E-state index in [0.29, 0.717) is 25.5 Å². The van der Waals surface area contributed by atoms with E-state index in [-0.39, 0.29) is 6.54 Å². The molecule has 3 unspecified atom stereocenters. The van der Waals surface area contributed by atoms with Gasteiger partial charge in [-0.1, -0.05) is 48.5 Å². The summed E-state index contributed by atoms with van der Waals surface area (Å²) in [7, 11) is 0. The lowest BCUT2D eigenvalue weighted by atomic mass is 9.98. The number of nitrogens with two attached hydrogens (primary N) is 1. The van der Waals surface area contributed by atoms with Crippen molar-refractivity contribution in [3.63, 3.8) is 0 Å². The van der Waals surface area contributed by atoms with Gasteiger partial charge in [0.25, 0.3) is 0 Å². The van der Waals surface area contributed by atoms with Crippen LogP contribution in [-0.4, -0.2) is 55.1 Å². The second kappa shape index (κ2) is 10.6. The molecule has 16 nitrogen and oxygen atoms in total. The first kappa shape index (κ1) is 29.8. The number of hydrogen-bond acceptors (Lipinski definition) is 13. The minimum atomic E-state index is -1.36. The molecule has 3 aliphatic rings. The molecule has 1 spiro atoms. The van der Waals surface area contributed by atoms with E-state index in [9.17, 15) is 0 Å². The first-order chi connectivity index (χ1) is 25.5. The smallest absolute Gasteiger partial charge is 0.226 e. The Bertz CT molecular complexity index is 2710. The van der Waals surface area contributed by atoms with Crippen molar-refractivity contribution in [3.05, 3.63) is 120 Å². The van der Waals surface area contributed by atoms with Crippen LogP contribution in [0.15, 0.2) is 97.1 Å². The molecule has 52 heavy (non-hydrogen) atoms. The summed E-state index contributed by atoms with van der Waals surface area (Å²) in [6.45, 7) is 1.31. The largest absolute Gasteiger partial charge is 0.324 e. The molecule has 3 atom stereocenters. The van der Waals surface area contributed by atoms with Crippen LogP contribution in [0.4, 0.5) is 0 Å². The van der Waals surface area contributed by atoms with Gasteiger partial charge < -0.3 is 5.73 Å². The fourth-order valence-electron chi connectivity index (χ4n) is 7.93. The second-order valence-corrected chi connectivity index (χ2v) is 14.0. The lowest BCUT2D eigenvalue weighted by molar-refractivity contribution is 0.113. The maximum absolute atomic E-state index is 6.39. The number of nitrogens with one attached hydrogen (secondary N) is 7. The van der Waals surface area contributed by atoms with E-state index in [1.807, 2.05) is 97.6 Å². The Kier molecular flexibility index (Phi) is 6.08. The van der Waals surface area contributed by atoms with Crippen molar-refractivity contribution in [1.29, 1.82) is 0 Å². The number of fused-ring (bicyclic) bond motifs is 10. The molecular formula is C35H34N16S.